The van der Waals surface area contributed by atoms with Gasteiger partial charge in [0.1, 0.15) is 0 Å². The van der Waals surface area contributed by atoms with E-state index in [1.807, 2.05) is 49.6 Å². The molecule has 0 saturated heterocycles. The number of aryl methyl sites for hydroxylation is 1. The molecule has 0 atom stereocenters. The van der Waals surface area contributed by atoms with Crippen LogP contribution >= 0.6 is 0 Å². The quantitative estimate of drug-likeness (QED) is 0.651. The van der Waals surface area contributed by atoms with Gasteiger partial charge in [-0.1, -0.05) is 19.1 Å². The van der Waals surface area contributed by atoms with Crippen molar-refractivity contribution in [3.8, 4) is 0 Å². The van der Waals surface area contributed by atoms with Gasteiger partial charge in [-0.25, -0.2) is 18.1 Å². The maximum absolute atomic E-state index is 12.2. The Morgan fingerprint density at radius 2 is 2.04 bits per heavy atom. The van der Waals surface area contributed by atoms with Gasteiger partial charge >= 0.3 is 0 Å². The summed E-state index contributed by atoms with van der Waals surface area (Å²) in [6, 6.07) is 7.60. The lowest BCUT2D eigenvalue weighted by atomic mass is 10.3. The third-order valence-corrected chi connectivity index (χ3v) is 4.90. The molecule has 0 radical (unpaired) electrons. The number of anilines is 1. The lowest BCUT2D eigenvalue weighted by molar-refractivity contribution is -0.115. The number of amides is 1. The molecule has 1 aromatic carbocycles. The van der Waals surface area contributed by atoms with E-state index in [4.69, 9.17) is 4.74 Å². The smallest absolute Gasteiger partial charge is 0.241 e. The van der Waals surface area contributed by atoms with Crippen LogP contribution in [0, 0.1) is 0 Å². The van der Waals surface area contributed by atoms with Crippen molar-refractivity contribution < 1.29 is 17.9 Å². The molecule has 2 N–H and O–H groups in total. The molecule has 0 aliphatic heterocycles. The molecule has 8 nitrogen and oxygen atoms in total. The number of aromatic nitrogens is 2. The van der Waals surface area contributed by atoms with Gasteiger partial charge in [-0.15, -0.1) is 0 Å². The monoisotopic (exact) mass is 382 g/mol. The van der Waals surface area contributed by atoms with Crippen molar-refractivity contribution in [2.75, 3.05) is 24.2 Å². The number of para-hydroxylation sites is 2. The maximum Gasteiger partial charge on any atom is 0.241 e. The fourth-order valence-electron chi connectivity index (χ4n) is 2.43. The molecule has 2 rings (SSSR count). The largest absolute Gasteiger partial charge is 0.378 e. The third kappa shape index (κ3) is 5.79. The Bertz CT molecular complexity index is 846. The van der Waals surface area contributed by atoms with E-state index in [0.29, 0.717) is 12.5 Å². The number of hydrogen-bond acceptors (Lipinski definition) is 5. The van der Waals surface area contributed by atoms with Crippen LogP contribution in [0.4, 0.5) is 5.95 Å². The SMILES string of the molecule is CCCn1c(NC(=O)CNS(=O)(=O)CCOC(C)C)nc2ccccc21. The summed E-state index contributed by atoms with van der Waals surface area (Å²) in [7, 11) is -3.57. The second-order valence-corrected chi connectivity index (χ2v) is 8.11. The molecule has 0 bridgehead atoms. The summed E-state index contributed by atoms with van der Waals surface area (Å²) in [6.45, 7) is 6.13. The number of carbonyl (C=O) groups excluding carboxylic acids is 1. The van der Waals surface area contributed by atoms with E-state index in [-0.39, 0.29) is 25.0 Å². The molecule has 1 aromatic heterocycles. The Morgan fingerprint density at radius 3 is 2.73 bits per heavy atom. The van der Waals surface area contributed by atoms with Gasteiger partial charge in [0.15, 0.2) is 0 Å². The predicted octanol–water partition coefficient (Wildman–Crippen LogP) is 1.73. The molecule has 0 aliphatic carbocycles. The number of hydrogen-bond donors (Lipinski definition) is 2. The Hall–Kier alpha value is -1.97. The van der Waals surface area contributed by atoms with Crippen LogP contribution in [-0.4, -0.2) is 48.9 Å². The highest BCUT2D eigenvalue weighted by Crippen LogP contribution is 2.19. The van der Waals surface area contributed by atoms with Crippen LogP contribution < -0.4 is 10.0 Å². The highest BCUT2D eigenvalue weighted by molar-refractivity contribution is 7.89. The van der Waals surface area contributed by atoms with Crippen molar-refractivity contribution in [2.24, 2.45) is 0 Å². The Kier molecular flexibility index (Phi) is 7.13. The summed E-state index contributed by atoms with van der Waals surface area (Å²) >= 11 is 0. The molecule has 9 heteroatoms. The third-order valence-electron chi connectivity index (χ3n) is 3.61. The molecule has 0 saturated carbocycles. The van der Waals surface area contributed by atoms with E-state index in [9.17, 15) is 13.2 Å². The first-order valence-corrected chi connectivity index (χ1v) is 10.3. The van der Waals surface area contributed by atoms with Gasteiger partial charge in [0.05, 0.1) is 36.0 Å². The zero-order chi connectivity index (χ0) is 19.2. The summed E-state index contributed by atoms with van der Waals surface area (Å²) < 4.78 is 33.2. The fourth-order valence-corrected chi connectivity index (χ4v) is 3.24. The van der Waals surface area contributed by atoms with Crippen molar-refractivity contribution in [3.63, 3.8) is 0 Å². The number of imidazole rings is 1. The highest BCUT2D eigenvalue weighted by Gasteiger charge is 2.16. The number of sulfonamides is 1. The van der Waals surface area contributed by atoms with Gasteiger partial charge in [-0.3, -0.25) is 10.1 Å². The van der Waals surface area contributed by atoms with Crippen LogP contribution in [0.2, 0.25) is 0 Å². The Morgan fingerprint density at radius 1 is 1.31 bits per heavy atom. The van der Waals surface area contributed by atoms with Crippen molar-refractivity contribution >= 4 is 32.9 Å². The lowest BCUT2D eigenvalue weighted by Gasteiger charge is -2.11. The Balaban J connectivity index is 1.97. The topological polar surface area (TPSA) is 102 Å². The number of carbonyl (C=O) groups is 1. The zero-order valence-corrected chi connectivity index (χ0v) is 16.2. The minimum absolute atomic E-state index is 0.0416. The standard InChI is InChI=1S/C17H26N4O4S/c1-4-9-21-15-8-6-5-7-14(15)19-17(21)20-16(22)12-18-26(23,24)11-10-25-13(2)3/h5-8,13,18H,4,9-12H2,1-3H3,(H,19,20,22). The molecule has 144 valence electrons. The van der Waals surface area contributed by atoms with Crippen LogP contribution in [0.15, 0.2) is 24.3 Å². The summed E-state index contributed by atoms with van der Waals surface area (Å²) in [4.78, 5) is 16.6. The van der Waals surface area contributed by atoms with Crippen molar-refractivity contribution in [1.82, 2.24) is 14.3 Å². The van der Waals surface area contributed by atoms with Crippen molar-refractivity contribution in [3.05, 3.63) is 24.3 Å². The number of fused-ring (bicyclic) bond motifs is 1. The second kappa shape index (κ2) is 9.11. The summed E-state index contributed by atoms with van der Waals surface area (Å²) in [5.41, 5.74) is 1.71. The molecular weight excluding hydrogens is 356 g/mol. The zero-order valence-electron chi connectivity index (χ0n) is 15.4. The maximum atomic E-state index is 12.2. The number of nitrogens with zero attached hydrogens (tertiary/aromatic N) is 2. The molecule has 0 unspecified atom stereocenters. The number of benzene rings is 1. The van der Waals surface area contributed by atoms with Crippen molar-refractivity contribution in [1.29, 1.82) is 0 Å². The van der Waals surface area contributed by atoms with Crippen molar-refractivity contribution in [2.45, 2.75) is 39.8 Å². The molecule has 1 amide bonds. The number of rotatable bonds is 10. The second-order valence-electron chi connectivity index (χ2n) is 6.18. The molecule has 0 fully saturated rings. The molecule has 1 heterocycles. The minimum Gasteiger partial charge on any atom is -0.378 e. The van der Waals surface area contributed by atoms with Gasteiger partial charge in [0.2, 0.25) is 21.9 Å². The van der Waals surface area contributed by atoms with Crippen LogP contribution in [0.5, 0.6) is 0 Å². The summed E-state index contributed by atoms with van der Waals surface area (Å²) in [5.74, 6) is -0.237. The van der Waals surface area contributed by atoms with Crippen LogP contribution in [0.3, 0.4) is 0 Å². The molecule has 0 spiro atoms. The summed E-state index contributed by atoms with van der Waals surface area (Å²) in [6.07, 6.45) is 0.839. The number of ether oxygens (including phenoxy) is 1. The fraction of sp³-hybridized carbons (Fsp3) is 0.529. The minimum atomic E-state index is -3.57. The highest BCUT2D eigenvalue weighted by atomic mass is 32.2. The van der Waals surface area contributed by atoms with Gasteiger partial charge < -0.3 is 9.30 Å². The van der Waals surface area contributed by atoms with Gasteiger partial charge in [-0.2, -0.15) is 0 Å². The lowest BCUT2D eigenvalue weighted by Crippen LogP contribution is -2.36. The first kappa shape index (κ1) is 20.3. The molecule has 2 aromatic rings. The van der Waals surface area contributed by atoms with E-state index < -0.39 is 15.9 Å². The molecule has 0 aliphatic rings. The first-order chi connectivity index (χ1) is 12.3. The first-order valence-electron chi connectivity index (χ1n) is 8.66. The summed E-state index contributed by atoms with van der Waals surface area (Å²) in [5, 5.41) is 2.69. The number of nitrogens with one attached hydrogen (secondary N) is 2. The van der Waals surface area contributed by atoms with Crippen LogP contribution in [0.25, 0.3) is 11.0 Å². The van der Waals surface area contributed by atoms with Crippen LogP contribution in [0.1, 0.15) is 27.2 Å². The van der Waals surface area contributed by atoms with Gasteiger partial charge in [0.25, 0.3) is 0 Å². The predicted molar refractivity (Wildman–Crippen MR) is 102 cm³/mol. The normalized spacial score (nSPS) is 12.0. The van der Waals surface area contributed by atoms with E-state index in [0.717, 1.165) is 17.5 Å². The van der Waals surface area contributed by atoms with E-state index in [1.165, 1.54) is 0 Å². The van der Waals surface area contributed by atoms with E-state index >= 15 is 0 Å². The average molecular weight is 382 g/mol. The Labute approximate surface area is 154 Å². The molecule has 26 heavy (non-hydrogen) atoms. The van der Waals surface area contributed by atoms with Crippen LogP contribution in [-0.2, 0) is 26.1 Å². The van der Waals surface area contributed by atoms with E-state index in [2.05, 4.69) is 15.0 Å². The average Bonchev–Trinajstić information content (AvgIpc) is 2.91. The molecular formula is C17H26N4O4S. The van der Waals surface area contributed by atoms with Gasteiger partial charge in [-0.05, 0) is 32.4 Å². The van der Waals surface area contributed by atoms with E-state index in [1.54, 1.807) is 0 Å². The van der Waals surface area contributed by atoms with Gasteiger partial charge in [0, 0.05) is 6.54 Å².